The molecule has 1 saturated heterocycles. The molecule has 0 saturated carbocycles. The fraction of sp³-hybridized carbons (Fsp3) is 0.536. The van der Waals surface area contributed by atoms with Gasteiger partial charge >= 0.3 is 6.09 Å². The van der Waals surface area contributed by atoms with Gasteiger partial charge in [-0.2, -0.15) is 0 Å². The van der Waals surface area contributed by atoms with Crippen LogP contribution in [0.15, 0.2) is 48.5 Å². The molecule has 0 unspecified atom stereocenters. The predicted molar refractivity (Wildman–Crippen MR) is 132 cm³/mol. The largest absolute Gasteiger partial charge is 0.445 e. The molecule has 1 aliphatic heterocycles. The van der Waals surface area contributed by atoms with Crippen molar-refractivity contribution >= 4 is 6.09 Å². The second kappa shape index (κ2) is 9.66. The molecule has 0 radical (unpaired) electrons. The Morgan fingerprint density at radius 3 is 1.81 bits per heavy atom. The van der Waals surface area contributed by atoms with Gasteiger partial charge in [-0.25, -0.2) is 4.79 Å². The quantitative estimate of drug-likeness (QED) is 0.614. The molecule has 174 valence electrons. The van der Waals surface area contributed by atoms with Gasteiger partial charge in [-0.05, 0) is 40.0 Å². The van der Waals surface area contributed by atoms with Crippen molar-refractivity contribution in [2.24, 2.45) is 0 Å². The Hall–Kier alpha value is -2.33. The van der Waals surface area contributed by atoms with Crippen molar-refractivity contribution in [3.8, 4) is 0 Å². The van der Waals surface area contributed by atoms with Crippen molar-refractivity contribution < 1.29 is 9.53 Å². The molecule has 4 nitrogen and oxygen atoms in total. The zero-order valence-corrected chi connectivity index (χ0v) is 20.8. The van der Waals surface area contributed by atoms with E-state index in [9.17, 15) is 4.79 Å². The highest BCUT2D eigenvalue weighted by Crippen LogP contribution is 2.35. The van der Waals surface area contributed by atoms with E-state index in [4.69, 9.17) is 4.74 Å². The molecule has 0 spiro atoms. The van der Waals surface area contributed by atoms with Crippen LogP contribution in [-0.4, -0.2) is 31.3 Å². The Labute approximate surface area is 194 Å². The third-order valence-corrected chi connectivity index (χ3v) is 6.39. The fourth-order valence-electron chi connectivity index (χ4n) is 4.45. The Kier molecular flexibility index (Phi) is 7.34. The molecule has 32 heavy (non-hydrogen) atoms. The lowest BCUT2D eigenvalue weighted by atomic mass is 9.80. The van der Waals surface area contributed by atoms with Gasteiger partial charge in [0.2, 0.25) is 0 Å². The number of benzene rings is 2. The van der Waals surface area contributed by atoms with Crippen LogP contribution in [0.1, 0.15) is 83.1 Å². The third kappa shape index (κ3) is 5.92. The molecule has 3 rings (SSSR count). The normalized spacial score (nSPS) is 19.2. The predicted octanol–water partition coefficient (Wildman–Crippen LogP) is 5.89. The number of hydrogen-bond donors (Lipinski definition) is 2. The van der Waals surface area contributed by atoms with Crippen molar-refractivity contribution in [2.75, 3.05) is 13.1 Å². The summed E-state index contributed by atoms with van der Waals surface area (Å²) in [6.07, 6.45) is 0.349. The number of hydrogen-bond acceptors (Lipinski definition) is 3. The van der Waals surface area contributed by atoms with E-state index < -0.39 is 0 Å². The second-order valence-corrected chi connectivity index (χ2v) is 11.0. The summed E-state index contributed by atoms with van der Waals surface area (Å²) in [5.41, 5.74) is 5.49. The van der Waals surface area contributed by atoms with Gasteiger partial charge in [0.25, 0.3) is 0 Å². The maximum atomic E-state index is 11.9. The topological polar surface area (TPSA) is 50.4 Å². The van der Waals surface area contributed by atoms with Gasteiger partial charge in [0.05, 0.1) is 0 Å². The average Bonchev–Trinajstić information content (AvgIpc) is 3.15. The van der Waals surface area contributed by atoms with Crippen LogP contribution < -0.4 is 10.6 Å². The summed E-state index contributed by atoms with van der Waals surface area (Å²) in [6.45, 7) is 16.6. The number of carbonyl (C=O) groups excluding carboxylic acids is 1. The molecular formula is C28H40N2O2. The van der Waals surface area contributed by atoms with E-state index in [1.54, 1.807) is 0 Å². The summed E-state index contributed by atoms with van der Waals surface area (Å²) in [7, 11) is 0. The van der Waals surface area contributed by atoms with E-state index in [2.05, 4.69) is 101 Å². The fourth-order valence-corrected chi connectivity index (χ4v) is 4.45. The second-order valence-electron chi connectivity index (χ2n) is 11.0. The summed E-state index contributed by atoms with van der Waals surface area (Å²) in [5.74, 6) is 0.195. The van der Waals surface area contributed by atoms with Gasteiger partial charge < -0.3 is 15.4 Å². The van der Waals surface area contributed by atoms with Crippen molar-refractivity contribution in [3.63, 3.8) is 0 Å². The van der Waals surface area contributed by atoms with Gasteiger partial charge in [-0.3, -0.25) is 0 Å². The minimum absolute atomic E-state index is 0.114. The molecule has 2 aromatic carbocycles. The summed E-state index contributed by atoms with van der Waals surface area (Å²) in [5, 5.41) is 6.37. The number of ether oxygens (including phenoxy) is 1. The van der Waals surface area contributed by atoms with Crippen LogP contribution in [0.4, 0.5) is 4.79 Å². The zero-order valence-electron chi connectivity index (χ0n) is 20.8. The van der Waals surface area contributed by atoms with Gasteiger partial charge in [0, 0.05) is 31.5 Å². The van der Waals surface area contributed by atoms with Crippen LogP contribution in [-0.2, 0) is 15.6 Å². The van der Waals surface area contributed by atoms with Crippen molar-refractivity contribution in [1.29, 1.82) is 0 Å². The van der Waals surface area contributed by atoms with Crippen molar-refractivity contribution in [3.05, 3.63) is 70.8 Å². The van der Waals surface area contributed by atoms with Gasteiger partial charge in [0.15, 0.2) is 0 Å². The highest BCUT2D eigenvalue weighted by molar-refractivity contribution is 5.67. The maximum Gasteiger partial charge on any atom is 0.407 e. The summed E-state index contributed by atoms with van der Waals surface area (Å²) >= 11 is 0. The minimum atomic E-state index is -0.333. The zero-order chi connectivity index (χ0) is 23.5. The molecule has 1 fully saturated rings. The third-order valence-electron chi connectivity index (χ3n) is 6.39. The monoisotopic (exact) mass is 436 g/mol. The lowest BCUT2D eigenvalue weighted by Crippen LogP contribution is -2.30. The van der Waals surface area contributed by atoms with Crippen molar-refractivity contribution in [1.82, 2.24) is 10.6 Å². The van der Waals surface area contributed by atoms with Crippen molar-refractivity contribution in [2.45, 2.75) is 83.8 Å². The average molecular weight is 437 g/mol. The first-order valence-corrected chi connectivity index (χ1v) is 11.9. The number of alkyl carbamates (subject to hydrolysis) is 1. The Morgan fingerprint density at radius 1 is 0.938 bits per heavy atom. The van der Waals surface area contributed by atoms with E-state index in [0.717, 1.165) is 6.42 Å². The minimum Gasteiger partial charge on any atom is -0.445 e. The summed E-state index contributed by atoms with van der Waals surface area (Å²) in [4.78, 5) is 11.9. The Bertz CT molecular complexity index is 832. The smallest absolute Gasteiger partial charge is 0.407 e. The van der Waals surface area contributed by atoms with E-state index in [0.29, 0.717) is 13.1 Å². The first kappa shape index (κ1) is 24.3. The molecule has 2 N–H and O–H groups in total. The molecule has 1 heterocycles. The first-order chi connectivity index (χ1) is 15.0. The van der Waals surface area contributed by atoms with Crippen LogP contribution in [0.25, 0.3) is 0 Å². The molecule has 2 atom stereocenters. The van der Waals surface area contributed by atoms with Gasteiger partial charge in [-0.15, -0.1) is 0 Å². The number of rotatable bonds is 5. The van der Waals surface area contributed by atoms with Crippen LogP contribution in [0.2, 0.25) is 0 Å². The Morgan fingerprint density at radius 2 is 1.41 bits per heavy atom. The van der Waals surface area contributed by atoms with E-state index >= 15 is 0 Å². The maximum absolute atomic E-state index is 11.9. The molecule has 4 heteroatoms. The van der Waals surface area contributed by atoms with E-state index in [1.807, 2.05) is 6.92 Å². The molecule has 2 aromatic rings. The van der Waals surface area contributed by atoms with Gasteiger partial charge in [0.1, 0.15) is 6.10 Å². The Balaban J connectivity index is 1.89. The molecule has 0 aromatic heterocycles. The number of amides is 1. The lowest BCUT2D eigenvalue weighted by Gasteiger charge is -2.27. The van der Waals surface area contributed by atoms with Crippen LogP contribution in [0, 0.1) is 0 Å². The molecular weight excluding hydrogens is 396 g/mol. The molecule has 1 aliphatic rings. The first-order valence-electron chi connectivity index (χ1n) is 11.9. The number of carbonyl (C=O) groups is 1. The highest BCUT2D eigenvalue weighted by atomic mass is 16.6. The SMILES string of the molecule is CCNC(=O)O[C@H]1CN[C@@H](C(c2ccc(C(C)(C)C)cc2)c2ccc(C(C)(C)C)cc2)C1. The van der Waals surface area contributed by atoms with Crippen LogP contribution >= 0.6 is 0 Å². The van der Waals surface area contributed by atoms with Gasteiger partial charge in [-0.1, -0.05) is 90.1 Å². The van der Waals surface area contributed by atoms with Crippen LogP contribution in [0.5, 0.6) is 0 Å². The highest BCUT2D eigenvalue weighted by Gasteiger charge is 2.34. The lowest BCUT2D eigenvalue weighted by molar-refractivity contribution is 0.106. The molecule has 0 bridgehead atoms. The van der Waals surface area contributed by atoms with E-state index in [-0.39, 0.29) is 35.0 Å². The summed E-state index contributed by atoms with van der Waals surface area (Å²) < 4.78 is 5.62. The summed E-state index contributed by atoms with van der Waals surface area (Å²) in [6, 6.07) is 18.3. The molecule has 1 amide bonds. The number of nitrogens with one attached hydrogen (secondary N) is 2. The van der Waals surface area contributed by atoms with Crippen LogP contribution in [0.3, 0.4) is 0 Å². The molecule has 0 aliphatic carbocycles. The standard InChI is InChI=1S/C28H40N2O2/c1-8-29-26(31)32-23-17-24(30-18-23)25(19-9-13-21(14-10-19)27(2,3)4)20-11-15-22(16-12-20)28(5,6)7/h9-16,23-25,30H,8,17-18H2,1-7H3,(H,29,31)/t23-,24-/m1/s1. The van der Waals surface area contributed by atoms with E-state index in [1.165, 1.54) is 22.3 Å².